The molecule has 2 fully saturated rings. The summed E-state index contributed by atoms with van der Waals surface area (Å²) >= 11 is 0. The number of rotatable bonds is 5. The molecule has 152 valence electrons. The molecule has 0 atom stereocenters. The first-order valence-corrected chi connectivity index (χ1v) is 10.7. The average molecular weight is 391 g/mol. The van der Waals surface area contributed by atoms with Gasteiger partial charge in [0, 0.05) is 57.7 Å². The molecule has 2 aliphatic rings. The predicted molar refractivity (Wildman–Crippen MR) is 118 cm³/mol. The van der Waals surface area contributed by atoms with Crippen LogP contribution in [-0.4, -0.2) is 66.5 Å². The van der Waals surface area contributed by atoms with Crippen LogP contribution in [0, 0.1) is 0 Å². The molecule has 0 spiro atoms. The number of nitrogens with zero attached hydrogens (tertiary/aromatic N) is 4. The van der Waals surface area contributed by atoms with Crippen LogP contribution < -0.4 is 4.90 Å². The third-order valence-electron chi connectivity index (χ3n) is 5.82. The highest BCUT2D eigenvalue weighted by molar-refractivity contribution is 5.93. The number of benzene rings is 1. The third kappa shape index (κ3) is 5.24. The maximum absolute atomic E-state index is 13.0. The van der Waals surface area contributed by atoms with Gasteiger partial charge in [0.25, 0.3) is 5.91 Å². The SMILES string of the molecule is O=C(c1cc(N2CCCCC2)ccn1)N1CCN(C/C=C/c2ccccc2)CC1. The van der Waals surface area contributed by atoms with E-state index in [4.69, 9.17) is 0 Å². The summed E-state index contributed by atoms with van der Waals surface area (Å²) in [5.41, 5.74) is 2.93. The highest BCUT2D eigenvalue weighted by Crippen LogP contribution is 2.20. The minimum atomic E-state index is 0.0586. The summed E-state index contributed by atoms with van der Waals surface area (Å²) in [6, 6.07) is 14.4. The molecule has 0 aliphatic carbocycles. The zero-order valence-electron chi connectivity index (χ0n) is 17.0. The Morgan fingerprint density at radius 3 is 2.45 bits per heavy atom. The van der Waals surface area contributed by atoms with Crippen molar-refractivity contribution in [1.82, 2.24) is 14.8 Å². The van der Waals surface area contributed by atoms with E-state index in [1.165, 1.54) is 24.8 Å². The van der Waals surface area contributed by atoms with Crippen LogP contribution >= 0.6 is 0 Å². The molecule has 0 N–H and O–H groups in total. The van der Waals surface area contributed by atoms with Crippen molar-refractivity contribution in [2.45, 2.75) is 19.3 Å². The van der Waals surface area contributed by atoms with Crippen LogP contribution in [0.1, 0.15) is 35.3 Å². The molecular formula is C24H30N4O. The number of hydrogen-bond donors (Lipinski definition) is 0. The Labute approximate surface area is 173 Å². The van der Waals surface area contributed by atoms with Crippen LogP contribution in [0.5, 0.6) is 0 Å². The van der Waals surface area contributed by atoms with E-state index >= 15 is 0 Å². The Morgan fingerprint density at radius 2 is 1.69 bits per heavy atom. The minimum absolute atomic E-state index is 0.0586. The van der Waals surface area contributed by atoms with E-state index in [2.05, 4.69) is 51.2 Å². The first-order valence-electron chi connectivity index (χ1n) is 10.7. The molecular weight excluding hydrogens is 360 g/mol. The lowest BCUT2D eigenvalue weighted by Crippen LogP contribution is -2.48. The summed E-state index contributed by atoms with van der Waals surface area (Å²) in [4.78, 5) is 24.0. The van der Waals surface area contributed by atoms with Crippen LogP contribution in [0.25, 0.3) is 6.08 Å². The van der Waals surface area contributed by atoms with Gasteiger partial charge in [-0.2, -0.15) is 0 Å². The first-order chi connectivity index (χ1) is 14.3. The highest BCUT2D eigenvalue weighted by atomic mass is 16.2. The normalized spacial score (nSPS) is 18.3. The zero-order valence-corrected chi connectivity index (χ0v) is 17.0. The van der Waals surface area contributed by atoms with E-state index in [1.807, 2.05) is 23.1 Å². The standard InChI is InChI=1S/C24H30N4O/c29-24(23-20-22(11-12-25-23)27-14-5-2-6-15-27)28-18-16-26(17-19-28)13-7-10-21-8-3-1-4-9-21/h1,3-4,7-12,20H,2,5-6,13-19H2/b10-7+. The summed E-state index contributed by atoms with van der Waals surface area (Å²) in [5.74, 6) is 0.0586. The number of carbonyl (C=O) groups excluding carboxylic acids is 1. The Morgan fingerprint density at radius 1 is 0.931 bits per heavy atom. The number of carbonyl (C=O) groups is 1. The van der Waals surface area contributed by atoms with E-state index in [-0.39, 0.29) is 5.91 Å². The average Bonchev–Trinajstić information content (AvgIpc) is 2.80. The molecule has 1 aromatic heterocycles. The van der Waals surface area contributed by atoms with Crippen molar-refractivity contribution < 1.29 is 4.79 Å². The van der Waals surface area contributed by atoms with Crippen LogP contribution in [-0.2, 0) is 0 Å². The molecule has 29 heavy (non-hydrogen) atoms. The molecule has 0 radical (unpaired) electrons. The van der Waals surface area contributed by atoms with E-state index in [0.29, 0.717) is 5.69 Å². The number of aromatic nitrogens is 1. The van der Waals surface area contributed by atoms with Gasteiger partial charge < -0.3 is 9.80 Å². The molecule has 0 unspecified atom stereocenters. The first kappa shape index (κ1) is 19.6. The zero-order chi connectivity index (χ0) is 19.9. The summed E-state index contributed by atoms with van der Waals surface area (Å²) in [6.45, 7) is 6.38. The summed E-state index contributed by atoms with van der Waals surface area (Å²) < 4.78 is 0. The van der Waals surface area contributed by atoms with Gasteiger partial charge in [0.1, 0.15) is 5.69 Å². The van der Waals surface area contributed by atoms with Crippen molar-refractivity contribution in [3.8, 4) is 0 Å². The molecule has 0 saturated carbocycles. The summed E-state index contributed by atoms with van der Waals surface area (Å²) in [7, 11) is 0. The van der Waals surface area contributed by atoms with Crippen molar-refractivity contribution in [2.24, 2.45) is 0 Å². The molecule has 4 rings (SSSR count). The van der Waals surface area contributed by atoms with Gasteiger partial charge in [-0.3, -0.25) is 14.7 Å². The fraction of sp³-hybridized carbons (Fsp3) is 0.417. The quantitative estimate of drug-likeness (QED) is 0.783. The second kappa shape index (κ2) is 9.70. The predicted octanol–water partition coefficient (Wildman–Crippen LogP) is 3.54. The van der Waals surface area contributed by atoms with Crippen LogP contribution in [0.3, 0.4) is 0 Å². The number of piperazine rings is 1. The Hall–Kier alpha value is -2.66. The van der Waals surface area contributed by atoms with Gasteiger partial charge in [0.05, 0.1) is 0 Å². The Kier molecular flexibility index (Phi) is 6.57. The van der Waals surface area contributed by atoms with Gasteiger partial charge in [-0.05, 0) is 37.0 Å². The van der Waals surface area contributed by atoms with Crippen molar-refractivity contribution >= 4 is 17.7 Å². The second-order valence-corrected chi connectivity index (χ2v) is 7.85. The van der Waals surface area contributed by atoms with Gasteiger partial charge in [-0.1, -0.05) is 42.5 Å². The summed E-state index contributed by atoms with van der Waals surface area (Å²) in [6.07, 6.45) is 9.91. The van der Waals surface area contributed by atoms with Gasteiger partial charge in [-0.15, -0.1) is 0 Å². The highest BCUT2D eigenvalue weighted by Gasteiger charge is 2.23. The van der Waals surface area contributed by atoms with E-state index in [1.54, 1.807) is 6.20 Å². The second-order valence-electron chi connectivity index (χ2n) is 7.85. The molecule has 1 aromatic carbocycles. The Bertz CT molecular complexity index is 822. The number of piperidine rings is 1. The number of amides is 1. The van der Waals surface area contributed by atoms with Crippen LogP contribution in [0.4, 0.5) is 5.69 Å². The van der Waals surface area contributed by atoms with Crippen LogP contribution in [0.15, 0.2) is 54.7 Å². The molecule has 2 saturated heterocycles. The molecule has 0 bridgehead atoms. The third-order valence-corrected chi connectivity index (χ3v) is 5.82. The van der Waals surface area contributed by atoms with Crippen molar-refractivity contribution in [2.75, 3.05) is 50.7 Å². The lowest BCUT2D eigenvalue weighted by atomic mass is 10.1. The van der Waals surface area contributed by atoms with Crippen LogP contribution in [0.2, 0.25) is 0 Å². The lowest BCUT2D eigenvalue weighted by molar-refractivity contribution is 0.0644. The number of pyridine rings is 1. The number of hydrogen-bond acceptors (Lipinski definition) is 4. The monoisotopic (exact) mass is 390 g/mol. The van der Waals surface area contributed by atoms with Gasteiger partial charge in [-0.25, -0.2) is 0 Å². The number of anilines is 1. The van der Waals surface area contributed by atoms with E-state index in [0.717, 1.165) is 51.5 Å². The molecule has 2 aliphatic heterocycles. The van der Waals surface area contributed by atoms with E-state index < -0.39 is 0 Å². The fourth-order valence-corrected chi connectivity index (χ4v) is 4.08. The fourth-order valence-electron chi connectivity index (χ4n) is 4.08. The van der Waals surface area contributed by atoms with Crippen molar-refractivity contribution in [1.29, 1.82) is 0 Å². The van der Waals surface area contributed by atoms with Gasteiger partial charge >= 0.3 is 0 Å². The lowest BCUT2D eigenvalue weighted by Gasteiger charge is -2.34. The molecule has 1 amide bonds. The largest absolute Gasteiger partial charge is 0.371 e. The molecule has 5 nitrogen and oxygen atoms in total. The van der Waals surface area contributed by atoms with Gasteiger partial charge in [0.15, 0.2) is 0 Å². The topological polar surface area (TPSA) is 39.7 Å². The Balaban J connectivity index is 1.29. The van der Waals surface area contributed by atoms with Crippen molar-refractivity contribution in [3.05, 3.63) is 66.0 Å². The smallest absolute Gasteiger partial charge is 0.272 e. The molecule has 5 heteroatoms. The van der Waals surface area contributed by atoms with Gasteiger partial charge in [0.2, 0.25) is 0 Å². The maximum Gasteiger partial charge on any atom is 0.272 e. The molecule has 3 heterocycles. The molecule has 2 aromatic rings. The van der Waals surface area contributed by atoms with Crippen molar-refractivity contribution in [3.63, 3.8) is 0 Å². The minimum Gasteiger partial charge on any atom is -0.371 e. The summed E-state index contributed by atoms with van der Waals surface area (Å²) in [5, 5.41) is 0. The van der Waals surface area contributed by atoms with E-state index in [9.17, 15) is 4.79 Å². The maximum atomic E-state index is 13.0.